The van der Waals surface area contributed by atoms with Crippen LogP contribution in [0.25, 0.3) is 5.65 Å². The summed E-state index contributed by atoms with van der Waals surface area (Å²) < 4.78 is 36.1. The second-order valence-corrected chi connectivity index (χ2v) is 8.83. The molecule has 4 rings (SSSR count). The summed E-state index contributed by atoms with van der Waals surface area (Å²) in [4.78, 5) is 0.148. The Balaban J connectivity index is 1.80. The molecule has 1 atom stereocenters. The van der Waals surface area contributed by atoms with Crippen molar-refractivity contribution in [3.63, 3.8) is 0 Å². The van der Waals surface area contributed by atoms with Crippen LogP contribution >= 0.6 is 15.9 Å². The summed E-state index contributed by atoms with van der Waals surface area (Å²) in [6, 6.07) is 10.2. The first-order chi connectivity index (χ1) is 12.5. The summed E-state index contributed by atoms with van der Waals surface area (Å²) in [5.41, 5.74) is 0.701. The molecular weight excluding hydrogens is 420 g/mol. The van der Waals surface area contributed by atoms with Gasteiger partial charge < -0.3 is 4.74 Å². The van der Waals surface area contributed by atoms with Crippen LogP contribution in [0, 0.1) is 0 Å². The molecule has 0 N–H and O–H groups in total. The van der Waals surface area contributed by atoms with Crippen molar-refractivity contribution in [2.24, 2.45) is 0 Å². The number of aromatic nitrogens is 3. The summed E-state index contributed by atoms with van der Waals surface area (Å²) in [5.74, 6) is 0.959. The molecule has 3 aromatic rings. The number of sulfonamides is 1. The number of hydrogen-bond donors (Lipinski definition) is 0. The number of methoxy groups -OCH3 is 1. The Kier molecular flexibility index (Phi) is 4.45. The van der Waals surface area contributed by atoms with Gasteiger partial charge in [-0.15, -0.1) is 10.2 Å². The number of ether oxygens (including phenoxy) is 1. The van der Waals surface area contributed by atoms with Crippen LogP contribution in [0.2, 0.25) is 0 Å². The Morgan fingerprint density at radius 3 is 2.88 bits per heavy atom. The smallest absolute Gasteiger partial charge is 0.247 e. The topological polar surface area (TPSA) is 76.8 Å². The van der Waals surface area contributed by atoms with Crippen LogP contribution in [0.4, 0.5) is 0 Å². The van der Waals surface area contributed by atoms with E-state index in [1.807, 2.05) is 28.8 Å². The van der Waals surface area contributed by atoms with E-state index in [1.54, 1.807) is 18.2 Å². The van der Waals surface area contributed by atoms with Crippen molar-refractivity contribution in [3.05, 3.63) is 52.9 Å². The molecule has 1 saturated heterocycles. The van der Waals surface area contributed by atoms with Crippen molar-refractivity contribution in [1.82, 2.24) is 18.9 Å². The second-order valence-electron chi connectivity index (χ2n) is 6.06. The van der Waals surface area contributed by atoms with Gasteiger partial charge >= 0.3 is 0 Å². The first-order valence-corrected chi connectivity index (χ1v) is 10.4. The van der Waals surface area contributed by atoms with E-state index in [1.165, 1.54) is 11.4 Å². The Hall–Kier alpha value is -1.97. The maximum absolute atomic E-state index is 13.4. The number of fused-ring (bicyclic) bond motifs is 1. The lowest BCUT2D eigenvalue weighted by Gasteiger charge is -2.24. The fourth-order valence-corrected chi connectivity index (χ4v) is 5.70. The Labute approximate surface area is 159 Å². The molecule has 26 heavy (non-hydrogen) atoms. The second kappa shape index (κ2) is 6.64. The van der Waals surface area contributed by atoms with Crippen LogP contribution in [0.5, 0.6) is 5.75 Å². The number of benzene rings is 1. The van der Waals surface area contributed by atoms with Crippen LogP contribution in [0.15, 0.2) is 52.0 Å². The Morgan fingerprint density at radius 2 is 2.08 bits per heavy atom. The predicted molar refractivity (Wildman–Crippen MR) is 99.5 cm³/mol. The normalized spacial score (nSPS) is 18.5. The quantitative estimate of drug-likeness (QED) is 0.627. The highest BCUT2D eigenvalue weighted by atomic mass is 79.9. The molecule has 2 aromatic heterocycles. The molecule has 7 nitrogen and oxygen atoms in total. The molecule has 0 saturated carbocycles. The Bertz CT molecular complexity index is 1070. The molecule has 1 aliphatic heterocycles. The first-order valence-electron chi connectivity index (χ1n) is 8.17. The predicted octanol–water partition coefficient (Wildman–Crippen LogP) is 3.03. The van der Waals surface area contributed by atoms with Gasteiger partial charge in [0, 0.05) is 17.2 Å². The van der Waals surface area contributed by atoms with E-state index >= 15 is 0 Å². The third kappa shape index (κ3) is 2.80. The average Bonchev–Trinajstić information content (AvgIpc) is 3.28. The van der Waals surface area contributed by atoms with E-state index in [0.717, 1.165) is 6.42 Å². The van der Waals surface area contributed by atoms with Crippen LogP contribution in [-0.2, 0) is 10.0 Å². The lowest BCUT2D eigenvalue weighted by molar-refractivity contribution is 0.371. The summed E-state index contributed by atoms with van der Waals surface area (Å²) in [6.07, 6.45) is 3.32. The third-order valence-corrected chi connectivity index (χ3v) is 6.98. The van der Waals surface area contributed by atoms with Crippen molar-refractivity contribution in [3.8, 4) is 5.75 Å². The lowest BCUT2D eigenvalue weighted by Crippen LogP contribution is -2.32. The molecule has 1 unspecified atom stereocenters. The van der Waals surface area contributed by atoms with Crippen molar-refractivity contribution in [1.29, 1.82) is 0 Å². The number of hydrogen-bond acceptors (Lipinski definition) is 5. The molecule has 0 bridgehead atoms. The average molecular weight is 437 g/mol. The van der Waals surface area contributed by atoms with Gasteiger partial charge in [0.05, 0.1) is 13.2 Å². The van der Waals surface area contributed by atoms with Gasteiger partial charge in [-0.05, 0) is 43.2 Å². The van der Waals surface area contributed by atoms with Gasteiger partial charge in [-0.1, -0.05) is 22.0 Å². The number of nitrogens with zero attached hydrogens (tertiary/aromatic N) is 4. The third-order valence-electron chi connectivity index (χ3n) is 4.55. The van der Waals surface area contributed by atoms with Gasteiger partial charge in [0.15, 0.2) is 11.5 Å². The largest absolute Gasteiger partial charge is 0.495 e. The van der Waals surface area contributed by atoms with Crippen molar-refractivity contribution in [2.75, 3.05) is 13.7 Å². The van der Waals surface area contributed by atoms with Crippen LogP contribution < -0.4 is 4.74 Å². The van der Waals surface area contributed by atoms with Gasteiger partial charge in [-0.3, -0.25) is 4.40 Å². The molecule has 0 spiro atoms. The summed E-state index contributed by atoms with van der Waals surface area (Å²) >= 11 is 3.35. The van der Waals surface area contributed by atoms with E-state index in [2.05, 4.69) is 26.1 Å². The van der Waals surface area contributed by atoms with Crippen LogP contribution in [0.1, 0.15) is 24.7 Å². The minimum atomic E-state index is -3.75. The van der Waals surface area contributed by atoms with Gasteiger partial charge in [0.25, 0.3) is 0 Å². The SMILES string of the molecule is COc1ccc(Br)cc1S(=O)(=O)N1CCCC1c1nnc2ccccn12. The minimum absolute atomic E-state index is 0.148. The van der Waals surface area contributed by atoms with Gasteiger partial charge in [0.2, 0.25) is 10.0 Å². The fraction of sp³-hybridized carbons (Fsp3) is 0.294. The number of rotatable bonds is 4. The minimum Gasteiger partial charge on any atom is -0.495 e. The molecule has 136 valence electrons. The monoisotopic (exact) mass is 436 g/mol. The van der Waals surface area contributed by atoms with E-state index in [0.29, 0.717) is 34.7 Å². The standard InChI is InChI=1S/C17H17BrN4O3S/c1-25-14-8-7-12(18)11-15(14)26(23,24)22-10-4-5-13(22)17-20-19-16-6-2-3-9-21(16)17/h2-3,6-9,11,13H,4-5,10H2,1H3. The number of pyridine rings is 1. The molecule has 0 amide bonds. The van der Waals surface area contributed by atoms with E-state index in [4.69, 9.17) is 4.74 Å². The van der Waals surface area contributed by atoms with E-state index in [9.17, 15) is 8.42 Å². The van der Waals surface area contributed by atoms with Crippen molar-refractivity contribution in [2.45, 2.75) is 23.8 Å². The van der Waals surface area contributed by atoms with Crippen molar-refractivity contribution < 1.29 is 13.2 Å². The van der Waals surface area contributed by atoms with E-state index < -0.39 is 10.0 Å². The fourth-order valence-electron chi connectivity index (χ4n) is 3.35. The molecular formula is C17H17BrN4O3S. The van der Waals surface area contributed by atoms with Crippen LogP contribution in [0.3, 0.4) is 0 Å². The maximum atomic E-state index is 13.4. The summed E-state index contributed by atoms with van der Waals surface area (Å²) in [7, 11) is -2.28. The highest BCUT2D eigenvalue weighted by Gasteiger charge is 2.40. The zero-order chi connectivity index (χ0) is 18.3. The highest BCUT2D eigenvalue weighted by Crippen LogP contribution is 2.38. The molecule has 1 aromatic carbocycles. The Morgan fingerprint density at radius 1 is 1.23 bits per heavy atom. The zero-order valence-electron chi connectivity index (χ0n) is 14.0. The molecule has 0 radical (unpaired) electrons. The van der Waals surface area contributed by atoms with Crippen molar-refractivity contribution >= 4 is 31.6 Å². The highest BCUT2D eigenvalue weighted by molar-refractivity contribution is 9.10. The number of halogens is 1. The van der Waals surface area contributed by atoms with Gasteiger partial charge in [-0.2, -0.15) is 4.31 Å². The summed E-state index contributed by atoms with van der Waals surface area (Å²) in [5, 5.41) is 8.42. The molecule has 9 heteroatoms. The van der Waals surface area contributed by atoms with E-state index in [-0.39, 0.29) is 10.9 Å². The maximum Gasteiger partial charge on any atom is 0.247 e. The van der Waals surface area contributed by atoms with Crippen LogP contribution in [-0.4, -0.2) is 41.0 Å². The van der Waals surface area contributed by atoms with Gasteiger partial charge in [0.1, 0.15) is 10.6 Å². The molecule has 3 heterocycles. The zero-order valence-corrected chi connectivity index (χ0v) is 16.4. The lowest BCUT2D eigenvalue weighted by atomic mass is 10.2. The molecule has 0 aliphatic carbocycles. The van der Waals surface area contributed by atoms with Gasteiger partial charge in [-0.25, -0.2) is 8.42 Å². The molecule has 1 fully saturated rings. The summed E-state index contributed by atoms with van der Waals surface area (Å²) in [6.45, 7) is 0.435. The molecule has 1 aliphatic rings. The first kappa shape index (κ1) is 17.4.